The molecule has 0 saturated heterocycles. The van der Waals surface area contributed by atoms with Gasteiger partial charge in [0.1, 0.15) is 6.61 Å². The van der Waals surface area contributed by atoms with Crippen molar-refractivity contribution in [1.82, 2.24) is 10.1 Å². The molecule has 0 aliphatic rings. The van der Waals surface area contributed by atoms with Gasteiger partial charge >= 0.3 is 0 Å². The molecule has 0 radical (unpaired) electrons. The van der Waals surface area contributed by atoms with Crippen LogP contribution in [0.15, 0.2) is 10.9 Å². The maximum Gasteiger partial charge on any atom is 0.213 e. The molecule has 68 valence electrons. The zero-order valence-electron chi connectivity index (χ0n) is 7.28. The van der Waals surface area contributed by atoms with Crippen LogP contribution in [0.1, 0.15) is 19.7 Å². The smallest absolute Gasteiger partial charge is 0.213 e. The van der Waals surface area contributed by atoms with E-state index in [1.165, 1.54) is 6.39 Å². The first-order valence-electron chi connectivity index (χ1n) is 3.70. The maximum atomic E-state index is 5.69. The minimum Gasteiger partial charge on any atom is -0.371 e. The van der Waals surface area contributed by atoms with Crippen molar-refractivity contribution in [3.8, 4) is 0 Å². The molecule has 0 aliphatic heterocycles. The first-order valence-corrected chi connectivity index (χ1v) is 3.70. The topological polar surface area (TPSA) is 74.2 Å². The fourth-order valence-electron chi connectivity index (χ4n) is 0.661. The Labute approximate surface area is 70.9 Å². The van der Waals surface area contributed by atoms with Crippen molar-refractivity contribution in [3.63, 3.8) is 0 Å². The second-order valence-electron chi connectivity index (χ2n) is 3.33. The largest absolute Gasteiger partial charge is 0.371 e. The molecule has 2 N–H and O–H groups in total. The van der Waals surface area contributed by atoms with Crippen molar-refractivity contribution in [3.05, 3.63) is 12.2 Å². The number of rotatable bonds is 4. The van der Waals surface area contributed by atoms with Gasteiger partial charge in [-0.25, -0.2) is 0 Å². The minimum atomic E-state index is -0.316. The fraction of sp³-hybridized carbons (Fsp3) is 0.714. The molecule has 1 aromatic heterocycles. The van der Waals surface area contributed by atoms with Gasteiger partial charge in [-0.2, -0.15) is 4.98 Å². The summed E-state index contributed by atoms with van der Waals surface area (Å²) < 4.78 is 9.76. The van der Waals surface area contributed by atoms with Crippen LogP contribution in [-0.2, 0) is 11.3 Å². The van der Waals surface area contributed by atoms with Crippen molar-refractivity contribution in [2.24, 2.45) is 5.73 Å². The molecule has 0 bridgehead atoms. The Morgan fingerprint density at radius 2 is 2.42 bits per heavy atom. The Hall–Kier alpha value is -0.940. The number of nitrogens with two attached hydrogens (primary N) is 1. The zero-order valence-corrected chi connectivity index (χ0v) is 7.28. The van der Waals surface area contributed by atoms with E-state index in [1.807, 2.05) is 13.8 Å². The summed E-state index contributed by atoms with van der Waals surface area (Å²) in [5.74, 6) is 0.541. The van der Waals surface area contributed by atoms with E-state index in [9.17, 15) is 0 Å². The average molecular weight is 171 g/mol. The van der Waals surface area contributed by atoms with Crippen LogP contribution in [0.2, 0.25) is 0 Å². The first kappa shape index (κ1) is 9.15. The van der Waals surface area contributed by atoms with Gasteiger partial charge in [0.15, 0.2) is 5.82 Å². The fourth-order valence-corrected chi connectivity index (χ4v) is 0.661. The number of aromatic nitrogens is 2. The Morgan fingerprint density at radius 1 is 1.67 bits per heavy atom. The van der Waals surface area contributed by atoms with Gasteiger partial charge < -0.3 is 15.0 Å². The van der Waals surface area contributed by atoms with Crippen LogP contribution in [0.5, 0.6) is 0 Å². The molecular weight excluding hydrogens is 158 g/mol. The van der Waals surface area contributed by atoms with Gasteiger partial charge in [0, 0.05) is 5.54 Å². The second kappa shape index (κ2) is 3.64. The molecule has 0 unspecified atom stereocenters. The SMILES string of the molecule is CC(C)(N)COCc1ncon1. The molecule has 5 heteroatoms. The highest BCUT2D eigenvalue weighted by Gasteiger charge is 2.10. The standard InChI is InChI=1S/C7H13N3O2/c1-7(2,8)4-11-3-6-9-5-12-10-6/h5H,3-4,8H2,1-2H3. The van der Waals surface area contributed by atoms with Gasteiger partial charge in [0.05, 0.1) is 6.61 Å². The minimum absolute atomic E-state index is 0.316. The highest BCUT2D eigenvalue weighted by Crippen LogP contribution is 1.99. The van der Waals surface area contributed by atoms with Crippen molar-refractivity contribution >= 4 is 0 Å². The molecule has 12 heavy (non-hydrogen) atoms. The lowest BCUT2D eigenvalue weighted by Gasteiger charge is -2.17. The van der Waals surface area contributed by atoms with Gasteiger partial charge in [-0.3, -0.25) is 0 Å². The van der Waals surface area contributed by atoms with E-state index in [1.54, 1.807) is 0 Å². The second-order valence-corrected chi connectivity index (χ2v) is 3.33. The van der Waals surface area contributed by atoms with Crippen LogP contribution < -0.4 is 5.73 Å². The highest BCUT2D eigenvalue weighted by atomic mass is 16.5. The quantitative estimate of drug-likeness (QED) is 0.706. The molecule has 0 saturated carbocycles. The van der Waals surface area contributed by atoms with E-state index in [0.29, 0.717) is 19.0 Å². The number of nitrogens with zero attached hydrogens (tertiary/aromatic N) is 2. The van der Waals surface area contributed by atoms with Crippen LogP contribution in [-0.4, -0.2) is 22.3 Å². The third-order valence-electron chi connectivity index (χ3n) is 1.11. The first-order chi connectivity index (χ1) is 5.58. The predicted octanol–water partition coefficient (Wildman–Crippen LogP) is 0.323. The van der Waals surface area contributed by atoms with Crippen molar-refractivity contribution < 1.29 is 9.26 Å². The van der Waals surface area contributed by atoms with Crippen LogP contribution in [0.4, 0.5) is 0 Å². The van der Waals surface area contributed by atoms with E-state index in [-0.39, 0.29) is 5.54 Å². The van der Waals surface area contributed by atoms with Gasteiger partial charge in [0.25, 0.3) is 0 Å². The van der Waals surface area contributed by atoms with Crippen LogP contribution in [0.3, 0.4) is 0 Å². The summed E-state index contributed by atoms with van der Waals surface area (Å²) in [6.45, 7) is 4.60. The molecule has 0 aliphatic carbocycles. The van der Waals surface area contributed by atoms with Crippen LogP contribution >= 0.6 is 0 Å². The van der Waals surface area contributed by atoms with Crippen LogP contribution in [0, 0.1) is 0 Å². The number of hydrogen-bond acceptors (Lipinski definition) is 5. The van der Waals surface area contributed by atoms with E-state index < -0.39 is 0 Å². The zero-order chi connectivity index (χ0) is 9.03. The average Bonchev–Trinajstić information content (AvgIpc) is 2.36. The summed E-state index contributed by atoms with van der Waals surface area (Å²) in [4.78, 5) is 3.79. The normalized spacial score (nSPS) is 11.9. The molecular formula is C7H13N3O2. The van der Waals surface area contributed by atoms with Gasteiger partial charge in [-0.1, -0.05) is 5.16 Å². The van der Waals surface area contributed by atoms with Crippen LogP contribution in [0.25, 0.3) is 0 Å². The Bertz CT molecular complexity index is 215. The monoisotopic (exact) mass is 171 g/mol. The van der Waals surface area contributed by atoms with E-state index in [4.69, 9.17) is 10.5 Å². The Balaban J connectivity index is 2.20. The van der Waals surface area contributed by atoms with E-state index in [2.05, 4.69) is 14.7 Å². The molecule has 1 aromatic rings. The predicted molar refractivity (Wildman–Crippen MR) is 42.2 cm³/mol. The molecule has 1 rings (SSSR count). The van der Waals surface area contributed by atoms with Gasteiger partial charge in [-0.15, -0.1) is 0 Å². The lowest BCUT2D eigenvalue weighted by atomic mass is 10.1. The third-order valence-corrected chi connectivity index (χ3v) is 1.11. The highest BCUT2D eigenvalue weighted by molar-refractivity contribution is 4.75. The number of ether oxygens (including phenoxy) is 1. The van der Waals surface area contributed by atoms with E-state index in [0.717, 1.165) is 0 Å². The Morgan fingerprint density at radius 3 is 2.92 bits per heavy atom. The van der Waals surface area contributed by atoms with Gasteiger partial charge in [-0.05, 0) is 13.8 Å². The summed E-state index contributed by atoms with van der Waals surface area (Å²) >= 11 is 0. The molecule has 1 heterocycles. The summed E-state index contributed by atoms with van der Waals surface area (Å²) in [6.07, 6.45) is 1.27. The molecule has 0 fully saturated rings. The molecule has 0 spiro atoms. The molecule has 0 atom stereocenters. The summed E-state index contributed by atoms with van der Waals surface area (Å²) in [7, 11) is 0. The third kappa shape index (κ3) is 3.45. The molecule has 5 nitrogen and oxygen atoms in total. The van der Waals surface area contributed by atoms with E-state index >= 15 is 0 Å². The van der Waals surface area contributed by atoms with Crippen molar-refractivity contribution in [1.29, 1.82) is 0 Å². The lowest BCUT2D eigenvalue weighted by Crippen LogP contribution is -2.37. The molecule has 0 amide bonds. The number of hydrogen-bond donors (Lipinski definition) is 1. The summed E-state index contributed by atoms with van der Waals surface area (Å²) in [5.41, 5.74) is 5.37. The lowest BCUT2D eigenvalue weighted by molar-refractivity contribution is 0.0794. The summed E-state index contributed by atoms with van der Waals surface area (Å²) in [5, 5.41) is 3.58. The maximum absolute atomic E-state index is 5.69. The summed E-state index contributed by atoms with van der Waals surface area (Å²) in [6, 6.07) is 0. The van der Waals surface area contributed by atoms with Gasteiger partial charge in [0.2, 0.25) is 6.39 Å². The Kier molecular flexibility index (Phi) is 2.78. The van der Waals surface area contributed by atoms with Crippen molar-refractivity contribution in [2.45, 2.75) is 26.0 Å². The molecule has 0 aromatic carbocycles. The van der Waals surface area contributed by atoms with Crippen molar-refractivity contribution in [2.75, 3.05) is 6.61 Å².